The summed E-state index contributed by atoms with van der Waals surface area (Å²) in [5.74, 6) is 0. The van der Waals surface area contributed by atoms with Crippen molar-refractivity contribution in [3.63, 3.8) is 0 Å². The van der Waals surface area contributed by atoms with E-state index < -0.39 is 0 Å². The number of anilines is 2. The lowest BCUT2D eigenvalue weighted by Gasteiger charge is -2.26. The molecule has 0 unspecified atom stereocenters. The Labute approximate surface area is 315 Å². The minimum atomic E-state index is 0.166. The molecule has 0 aliphatic rings. The van der Waals surface area contributed by atoms with Crippen molar-refractivity contribution in [3.8, 4) is 0 Å². The summed E-state index contributed by atoms with van der Waals surface area (Å²) < 4.78 is 0. The summed E-state index contributed by atoms with van der Waals surface area (Å²) in [6.07, 6.45) is 0. The lowest BCUT2D eigenvalue weighted by atomic mass is 9.34. The molecule has 3 heteroatoms. The number of hydrogen-bond donors (Lipinski definition) is 0. The first-order valence-corrected chi connectivity index (χ1v) is 18.9. The van der Waals surface area contributed by atoms with Crippen molar-refractivity contribution in [2.75, 3.05) is 11.9 Å². The van der Waals surface area contributed by atoms with E-state index in [2.05, 4.69) is 192 Å². The van der Waals surface area contributed by atoms with E-state index >= 15 is 0 Å². The number of hydrogen-bond acceptors (Lipinski definition) is 1. The van der Waals surface area contributed by atoms with Crippen molar-refractivity contribution in [1.29, 1.82) is 0 Å². The summed E-state index contributed by atoms with van der Waals surface area (Å²) in [7, 11) is 2.18. The zero-order valence-electron chi connectivity index (χ0n) is 33.8. The Morgan fingerprint density at radius 1 is 0.308 bits per heavy atom. The molecular formula is C49H55B2N. The van der Waals surface area contributed by atoms with E-state index in [0.29, 0.717) is 0 Å². The van der Waals surface area contributed by atoms with E-state index in [1.165, 1.54) is 111 Å². The van der Waals surface area contributed by atoms with Gasteiger partial charge in [-0.15, -0.1) is 0 Å². The van der Waals surface area contributed by atoms with Crippen LogP contribution in [0.1, 0.15) is 66.8 Å². The molecule has 0 heterocycles. The summed E-state index contributed by atoms with van der Waals surface area (Å²) in [5, 5.41) is 0. The molecule has 1 nitrogen and oxygen atoms in total. The maximum Gasteiger partial charge on any atom is 0.242 e. The first-order valence-electron chi connectivity index (χ1n) is 18.9. The highest BCUT2D eigenvalue weighted by Gasteiger charge is 2.30. The van der Waals surface area contributed by atoms with Crippen LogP contribution in [0.15, 0.2) is 97.1 Å². The Morgan fingerprint density at radius 3 is 0.692 bits per heavy atom. The van der Waals surface area contributed by atoms with E-state index in [-0.39, 0.29) is 13.4 Å². The van der Waals surface area contributed by atoms with Gasteiger partial charge in [0.05, 0.1) is 0 Å². The Bertz CT molecular complexity index is 1910. The number of rotatable bonds is 8. The lowest BCUT2D eigenvalue weighted by Crippen LogP contribution is -2.55. The molecule has 0 aliphatic carbocycles. The normalized spacial score (nSPS) is 11.2. The SMILES string of the molecule is Cc1cc(C)c(B(c2ccc(N(C)c3ccc(B(c4c(C)cc(C)cc4C)c4c(C)cc(C)cc4C)cc3)cc2)c2c(C)cc(C)cc2C)c(C)c1. The van der Waals surface area contributed by atoms with Gasteiger partial charge in [-0.25, -0.2) is 0 Å². The smallest absolute Gasteiger partial charge is 0.242 e. The van der Waals surface area contributed by atoms with Crippen molar-refractivity contribution < 1.29 is 0 Å². The molecular weight excluding hydrogens is 624 g/mol. The Balaban J connectivity index is 1.39. The molecule has 52 heavy (non-hydrogen) atoms. The quantitative estimate of drug-likeness (QED) is 0.147. The van der Waals surface area contributed by atoms with Gasteiger partial charge in [-0.05, 0) is 107 Å². The van der Waals surface area contributed by atoms with Gasteiger partial charge in [-0.3, -0.25) is 0 Å². The lowest BCUT2D eigenvalue weighted by molar-refractivity contribution is 1.21. The third-order valence-corrected chi connectivity index (χ3v) is 11.3. The topological polar surface area (TPSA) is 3.24 Å². The van der Waals surface area contributed by atoms with Crippen molar-refractivity contribution in [1.82, 2.24) is 0 Å². The van der Waals surface area contributed by atoms with Crippen LogP contribution >= 0.6 is 0 Å². The van der Waals surface area contributed by atoms with Crippen LogP contribution in [0.2, 0.25) is 0 Å². The predicted octanol–water partition coefficient (Wildman–Crippen LogP) is 8.19. The highest BCUT2D eigenvalue weighted by molar-refractivity contribution is 6.97. The van der Waals surface area contributed by atoms with Crippen LogP contribution in [-0.4, -0.2) is 20.5 Å². The van der Waals surface area contributed by atoms with Crippen LogP contribution in [0.5, 0.6) is 0 Å². The largest absolute Gasteiger partial charge is 0.345 e. The van der Waals surface area contributed by atoms with Gasteiger partial charge in [0.1, 0.15) is 0 Å². The van der Waals surface area contributed by atoms with Crippen molar-refractivity contribution in [2.45, 2.75) is 83.1 Å². The molecule has 262 valence electrons. The average Bonchev–Trinajstić information content (AvgIpc) is 3.05. The average molecular weight is 680 g/mol. The van der Waals surface area contributed by atoms with Crippen LogP contribution in [-0.2, 0) is 0 Å². The molecule has 6 aromatic carbocycles. The van der Waals surface area contributed by atoms with Gasteiger partial charge in [0, 0.05) is 18.4 Å². The molecule has 0 N–H and O–H groups in total. The summed E-state index contributed by atoms with van der Waals surface area (Å²) in [6, 6.07) is 37.3. The fraction of sp³-hybridized carbons (Fsp3) is 0.265. The second-order valence-corrected chi connectivity index (χ2v) is 15.9. The maximum absolute atomic E-state index is 2.35. The van der Waals surface area contributed by atoms with Crippen molar-refractivity contribution in [3.05, 3.63) is 164 Å². The van der Waals surface area contributed by atoms with Gasteiger partial charge in [0.15, 0.2) is 0 Å². The minimum absolute atomic E-state index is 0.166. The Morgan fingerprint density at radius 2 is 0.500 bits per heavy atom. The number of nitrogens with zero attached hydrogens (tertiary/aromatic N) is 1. The zero-order valence-corrected chi connectivity index (χ0v) is 33.8. The van der Waals surface area contributed by atoms with Gasteiger partial charge >= 0.3 is 0 Å². The third kappa shape index (κ3) is 7.16. The molecule has 0 saturated carbocycles. The van der Waals surface area contributed by atoms with Crippen LogP contribution in [0.3, 0.4) is 0 Å². The van der Waals surface area contributed by atoms with Gasteiger partial charge in [0.2, 0.25) is 13.4 Å². The molecule has 0 bridgehead atoms. The predicted molar refractivity (Wildman–Crippen MR) is 233 cm³/mol. The van der Waals surface area contributed by atoms with Gasteiger partial charge in [-0.1, -0.05) is 172 Å². The highest BCUT2D eigenvalue weighted by atomic mass is 15.1. The number of aryl methyl sites for hydroxylation is 12. The number of benzene rings is 6. The van der Waals surface area contributed by atoms with Crippen LogP contribution in [0.25, 0.3) is 0 Å². The fourth-order valence-corrected chi connectivity index (χ4v) is 9.47. The molecule has 0 aromatic heterocycles. The summed E-state index contributed by atoms with van der Waals surface area (Å²) in [6.45, 7) is 27.4. The first-order chi connectivity index (χ1) is 24.6. The third-order valence-electron chi connectivity index (χ3n) is 11.3. The fourth-order valence-electron chi connectivity index (χ4n) is 9.47. The molecule has 0 saturated heterocycles. The molecule has 6 rings (SSSR count). The molecule has 0 amide bonds. The van der Waals surface area contributed by atoms with Gasteiger partial charge < -0.3 is 4.90 Å². The Kier molecular flexibility index (Phi) is 10.5. The van der Waals surface area contributed by atoms with Crippen LogP contribution in [0.4, 0.5) is 11.4 Å². The molecule has 6 aromatic rings. The molecule has 0 fully saturated rings. The maximum atomic E-state index is 2.35. The van der Waals surface area contributed by atoms with Crippen molar-refractivity contribution >= 4 is 57.6 Å². The van der Waals surface area contributed by atoms with Gasteiger partial charge in [0.25, 0.3) is 0 Å². The van der Waals surface area contributed by atoms with Crippen LogP contribution < -0.4 is 37.7 Å². The monoisotopic (exact) mass is 679 g/mol. The van der Waals surface area contributed by atoms with Crippen LogP contribution in [0, 0.1) is 83.1 Å². The molecule has 0 atom stereocenters. The second-order valence-electron chi connectivity index (χ2n) is 15.9. The van der Waals surface area contributed by atoms with E-state index in [0.717, 1.165) is 0 Å². The first kappa shape index (κ1) is 37.0. The summed E-state index contributed by atoms with van der Waals surface area (Å²) in [5.41, 5.74) is 26.8. The zero-order chi connectivity index (χ0) is 37.6. The Hall–Kier alpha value is -4.75. The molecule has 0 spiro atoms. The highest BCUT2D eigenvalue weighted by Crippen LogP contribution is 2.23. The summed E-state index contributed by atoms with van der Waals surface area (Å²) >= 11 is 0. The van der Waals surface area contributed by atoms with E-state index in [1.807, 2.05) is 0 Å². The van der Waals surface area contributed by atoms with E-state index in [1.54, 1.807) is 0 Å². The minimum Gasteiger partial charge on any atom is -0.345 e. The summed E-state index contributed by atoms with van der Waals surface area (Å²) in [4.78, 5) is 2.31. The standard InChI is InChI=1S/C49H55B2N/c1-30-22-34(5)46(35(6)23-30)50(47-36(7)24-31(2)25-37(47)8)42-14-18-44(19-15-42)52(13)45-20-16-43(17-21-45)51(48-38(9)26-32(3)27-39(48)10)49-40(11)28-33(4)29-41(49)12/h14-29H,1-13H3. The van der Waals surface area contributed by atoms with Gasteiger partial charge in [-0.2, -0.15) is 0 Å². The molecule has 0 aliphatic heterocycles. The van der Waals surface area contributed by atoms with E-state index in [4.69, 9.17) is 0 Å². The molecule has 0 radical (unpaired) electrons. The second kappa shape index (κ2) is 14.7. The van der Waals surface area contributed by atoms with E-state index in [9.17, 15) is 0 Å². The van der Waals surface area contributed by atoms with Crippen molar-refractivity contribution in [2.24, 2.45) is 0 Å².